The van der Waals surface area contributed by atoms with Crippen LogP contribution in [0.1, 0.15) is 35.4 Å². The van der Waals surface area contributed by atoms with Crippen molar-refractivity contribution in [3.05, 3.63) is 88.5 Å². The fourth-order valence-corrected chi connectivity index (χ4v) is 5.20. The number of nitrogens with one attached hydrogen (secondary N) is 2. The van der Waals surface area contributed by atoms with Crippen LogP contribution >= 0.6 is 11.6 Å². The lowest BCUT2D eigenvalue weighted by Gasteiger charge is -2.31. The molecule has 4 rings (SSSR count). The molecule has 2 aromatic carbocycles. The van der Waals surface area contributed by atoms with Crippen LogP contribution in [-0.4, -0.2) is 74.2 Å². The van der Waals surface area contributed by atoms with Gasteiger partial charge in [0, 0.05) is 31.5 Å². The zero-order chi connectivity index (χ0) is 32.6. The van der Waals surface area contributed by atoms with Crippen molar-refractivity contribution >= 4 is 29.3 Å². The summed E-state index contributed by atoms with van der Waals surface area (Å²) >= 11 is 6.38. The number of ether oxygens (including phenoxy) is 3. The summed E-state index contributed by atoms with van der Waals surface area (Å²) < 4.78 is 68.5. The standard InChI is InChI=1S/C31H33ClF4N4O5/c1-40(18-31(34,35)36)30(42)45-29-17-44-21(14-38-29)9-10-22-25(33)15-37-16-26(22)39-28(41)13-23(19-6-4-3-5-7-19)20-8-11-27(43-2)24(32)12-20/h3-8,11-12,15-16,21,23,29,38H,9-10,13-14,17-18H2,1-2H3,(H,39,41)/t21-,23-,29+/m1/s1. The van der Waals surface area contributed by atoms with Crippen LogP contribution in [0.2, 0.25) is 5.02 Å². The van der Waals surface area contributed by atoms with Crippen molar-refractivity contribution in [2.45, 2.75) is 43.7 Å². The summed E-state index contributed by atoms with van der Waals surface area (Å²) in [7, 11) is 2.50. The second-order valence-electron chi connectivity index (χ2n) is 10.5. The van der Waals surface area contributed by atoms with E-state index < -0.39 is 37.0 Å². The average Bonchev–Trinajstić information content (AvgIpc) is 3.00. The van der Waals surface area contributed by atoms with Crippen molar-refractivity contribution in [3.63, 3.8) is 0 Å². The SMILES string of the molecule is COc1ccc([C@H](CC(=O)Nc2cncc(F)c2CC[C@@H]2CN[C@@H](OC(=O)N(C)CC(F)(F)F)CO2)c2ccccc2)cc1Cl. The van der Waals surface area contributed by atoms with Crippen molar-refractivity contribution in [2.24, 2.45) is 0 Å². The Morgan fingerprint density at radius 1 is 1.18 bits per heavy atom. The predicted octanol–water partition coefficient (Wildman–Crippen LogP) is 5.92. The second kappa shape index (κ2) is 15.4. The van der Waals surface area contributed by atoms with E-state index in [-0.39, 0.29) is 49.1 Å². The van der Waals surface area contributed by atoms with Gasteiger partial charge in [-0.3, -0.25) is 15.1 Å². The van der Waals surface area contributed by atoms with E-state index in [0.717, 1.165) is 24.4 Å². The number of anilines is 1. The van der Waals surface area contributed by atoms with Gasteiger partial charge in [0.25, 0.3) is 0 Å². The topological polar surface area (TPSA) is 102 Å². The quantitative estimate of drug-likeness (QED) is 0.248. The fourth-order valence-electron chi connectivity index (χ4n) is 4.94. The summed E-state index contributed by atoms with van der Waals surface area (Å²) in [5.41, 5.74) is 2.16. The molecular weight excluding hydrogens is 620 g/mol. The maximum atomic E-state index is 14.9. The third-order valence-corrected chi connectivity index (χ3v) is 7.49. The molecule has 0 aliphatic carbocycles. The second-order valence-corrected chi connectivity index (χ2v) is 10.9. The molecule has 9 nitrogen and oxygen atoms in total. The molecule has 1 fully saturated rings. The van der Waals surface area contributed by atoms with Gasteiger partial charge in [-0.15, -0.1) is 0 Å². The van der Waals surface area contributed by atoms with Crippen LogP contribution in [0.25, 0.3) is 0 Å². The Morgan fingerprint density at radius 3 is 2.58 bits per heavy atom. The van der Waals surface area contributed by atoms with E-state index in [1.165, 1.54) is 13.3 Å². The highest BCUT2D eigenvalue weighted by atomic mass is 35.5. The van der Waals surface area contributed by atoms with E-state index in [1.54, 1.807) is 12.1 Å². The highest BCUT2D eigenvalue weighted by molar-refractivity contribution is 6.32. The number of morpholine rings is 1. The van der Waals surface area contributed by atoms with Gasteiger partial charge in [-0.1, -0.05) is 48.0 Å². The minimum atomic E-state index is -4.55. The number of halogens is 5. The number of nitrogens with zero attached hydrogens (tertiary/aromatic N) is 2. The molecule has 2 N–H and O–H groups in total. The zero-order valence-corrected chi connectivity index (χ0v) is 25.3. The summed E-state index contributed by atoms with van der Waals surface area (Å²) in [6.45, 7) is -1.34. The number of rotatable bonds is 11. The number of carbonyl (C=O) groups is 2. The maximum Gasteiger partial charge on any atom is 0.411 e. The number of hydrogen-bond acceptors (Lipinski definition) is 7. The lowest BCUT2D eigenvalue weighted by molar-refractivity contribution is -0.143. The van der Waals surface area contributed by atoms with Crippen LogP contribution in [-0.2, 0) is 20.7 Å². The Kier molecular flexibility index (Phi) is 11.6. The minimum Gasteiger partial charge on any atom is -0.495 e. The lowest BCUT2D eigenvalue weighted by Crippen LogP contribution is -2.50. The monoisotopic (exact) mass is 652 g/mol. The average molecular weight is 653 g/mol. The third-order valence-electron chi connectivity index (χ3n) is 7.19. The van der Waals surface area contributed by atoms with Gasteiger partial charge < -0.3 is 24.4 Å². The molecule has 0 radical (unpaired) electrons. The molecular formula is C31H33ClF4N4O5. The van der Waals surface area contributed by atoms with Crippen LogP contribution in [0, 0.1) is 5.82 Å². The van der Waals surface area contributed by atoms with E-state index in [0.29, 0.717) is 22.1 Å². The Bertz CT molecular complexity index is 1460. The molecule has 1 aromatic heterocycles. The van der Waals surface area contributed by atoms with Crippen molar-refractivity contribution in [1.29, 1.82) is 0 Å². The number of amides is 2. The first kappa shape index (κ1) is 33.9. The number of methoxy groups -OCH3 is 1. The molecule has 1 aliphatic rings. The zero-order valence-electron chi connectivity index (χ0n) is 24.6. The van der Waals surface area contributed by atoms with Crippen LogP contribution in [0.5, 0.6) is 5.75 Å². The van der Waals surface area contributed by atoms with Crippen molar-refractivity contribution in [2.75, 3.05) is 39.2 Å². The number of carbonyl (C=O) groups excluding carboxylic acids is 2. The lowest BCUT2D eigenvalue weighted by atomic mass is 9.88. The molecule has 2 heterocycles. The van der Waals surface area contributed by atoms with Crippen molar-refractivity contribution < 1.29 is 41.4 Å². The van der Waals surface area contributed by atoms with Crippen LogP contribution in [0.4, 0.5) is 28.0 Å². The molecule has 3 atom stereocenters. The van der Waals surface area contributed by atoms with Crippen molar-refractivity contribution in [3.8, 4) is 5.75 Å². The van der Waals surface area contributed by atoms with Gasteiger partial charge in [0.05, 0.1) is 42.9 Å². The highest BCUT2D eigenvalue weighted by Crippen LogP contribution is 2.34. The predicted molar refractivity (Wildman–Crippen MR) is 159 cm³/mol. The van der Waals surface area contributed by atoms with Gasteiger partial charge >= 0.3 is 12.3 Å². The molecule has 1 aliphatic heterocycles. The molecule has 3 aromatic rings. The maximum absolute atomic E-state index is 14.9. The Labute approximate surface area is 262 Å². The molecule has 1 saturated heterocycles. The number of alkyl halides is 3. The van der Waals surface area contributed by atoms with Gasteiger partial charge in [0.15, 0.2) is 6.23 Å². The molecule has 45 heavy (non-hydrogen) atoms. The first-order valence-corrected chi connectivity index (χ1v) is 14.5. The summed E-state index contributed by atoms with van der Waals surface area (Å²) in [5.74, 6) is -0.802. The Hall–Kier alpha value is -3.94. The van der Waals surface area contributed by atoms with Gasteiger partial charge in [-0.05, 0) is 36.1 Å². The summed E-state index contributed by atoms with van der Waals surface area (Å²) in [4.78, 5) is 29.6. The highest BCUT2D eigenvalue weighted by Gasteiger charge is 2.33. The van der Waals surface area contributed by atoms with E-state index in [2.05, 4.69) is 15.6 Å². The Balaban J connectivity index is 1.36. The van der Waals surface area contributed by atoms with E-state index >= 15 is 0 Å². The minimum absolute atomic E-state index is 0.0382. The van der Waals surface area contributed by atoms with Crippen LogP contribution < -0.4 is 15.4 Å². The van der Waals surface area contributed by atoms with E-state index in [4.69, 9.17) is 25.8 Å². The van der Waals surface area contributed by atoms with Gasteiger partial charge in [-0.2, -0.15) is 13.2 Å². The normalized spacial score (nSPS) is 17.3. The molecule has 0 saturated carbocycles. The molecule has 0 spiro atoms. The first-order valence-electron chi connectivity index (χ1n) is 14.1. The van der Waals surface area contributed by atoms with Gasteiger partial charge in [-0.25, -0.2) is 9.18 Å². The number of pyridine rings is 1. The number of aromatic nitrogens is 1. The van der Waals surface area contributed by atoms with E-state index in [1.807, 2.05) is 36.4 Å². The summed E-state index contributed by atoms with van der Waals surface area (Å²) in [5, 5.41) is 6.12. The van der Waals surface area contributed by atoms with Crippen LogP contribution in [0.3, 0.4) is 0 Å². The van der Waals surface area contributed by atoms with E-state index in [9.17, 15) is 27.2 Å². The number of hydrogen-bond donors (Lipinski definition) is 2. The first-order chi connectivity index (χ1) is 21.4. The largest absolute Gasteiger partial charge is 0.495 e. The molecule has 242 valence electrons. The molecule has 0 bridgehead atoms. The summed E-state index contributed by atoms with van der Waals surface area (Å²) in [6, 6.07) is 14.8. The smallest absolute Gasteiger partial charge is 0.411 e. The molecule has 2 amide bonds. The molecule has 14 heteroatoms. The summed E-state index contributed by atoms with van der Waals surface area (Å²) in [6.07, 6.45) is -4.04. The molecule has 0 unspecified atom stereocenters. The van der Waals surface area contributed by atoms with Crippen LogP contribution in [0.15, 0.2) is 60.9 Å². The number of benzene rings is 2. The fraction of sp³-hybridized carbons (Fsp3) is 0.387. The van der Waals surface area contributed by atoms with Gasteiger partial charge in [0.2, 0.25) is 5.91 Å². The van der Waals surface area contributed by atoms with Crippen molar-refractivity contribution in [1.82, 2.24) is 15.2 Å². The van der Waals surface area contributed by atoms with Gasteiger partial charge in [0.1, 0.15) is 18.1 Å². The third kappa shape index (κ3) is 9.77. The Morgan fingerprint density at radius 2 is 1.93 bits per heavy atom.